The SMILES string of the molecule is CN(CCCN=C1C=C(c2ccccc2Cl)NC2C(Br)C=NN12)S(=O)(=O)c1cc(F)cc(F)c1. The first-order valence-corrected chi connectivity index (χ1v) is 13.1. The number of nitrogens with one attached hydrogen (secondary N) is 1. The number of hydrazone groups is 1. The minimum absolute atomic E-state index is 0.0492. The molecule has 0 amide bonds. The summed E-state index contributed by atoms with van der Waals surface area (Å²) >= 11 is 9.96. The predicted octanol–water partition coefficient (Wildman–Crippen LogP) is 4.06. The molecule has 2 heterocycles. The number of sulfonamides is 1. The molecule has 0 saturated carbocycles. The lowest BCUT2D eigenvalue weighted by Crippen LogP contribution is -2.50. The van der Waals surface area contributed by atoms with Crippen molar-refractivity contribution in [3.63, 3.8) is 0 Å². The minimum Gasteiger partial charge on any atom is -0.362 e. The standard InChI is InChI=1S/C22H21BrClF2N5O2S/c1-30(34(32,33)16-10-14(25)9-15(26)11-16)8-4-7-27-21-12-20(17-5-2-3-6-19(17)24)29-22-18(23)13-28-31(21)22/h2-3,5-6,9-13,18,22,29H,4,7-8H2,1H3. The molecule has 0 aromatic heterocycles. The number of hydrogen-bond donors (Lipinski definition) is 1. The van der Waals surface area contributed by atoms with E-state index in [1.807, 2.05) is 24.3 Å². The molecule has 180 valence electrons. The third kappa shape index (κ3) is 5.17. The molecule has 0 spiro atoms. The van der Waals surface area contributed by atoms with Crippen molar-refractivity contribution in [2.75, 3.05) is 20.1 Å². The third-order valence-electron chi connectivity index (χ3n) is 5.32. The molecule has 4 rings (SSSR count). The minimum atomic E-state index is -4.03. The zero-order valence-corrected chi connectivity index (χ0v) is 21.2. The van der Waals surface area contributed by atoms with E-state index in [0.717, 1.165) is 27.7 Å². The average molecular weight is 573 g/mol. The quantitative estimate of drug-likeness (QED) is 0.401. The number of fused-ring (bicyclic) bond motifs is 1. The highest BCUT2D eigenvalue weighted by Gasteiger charge is 2.35. The Morgan fingerprint density at radius 1 is 1.24 bits per heavy atom. The summed E-state index contributed by atoms with van der Waals surface area (Å²) in [6, 6.07) is 9.68. The van der Waals surface area contributed by atoms with Gasteiger partial charge in [0.2, 0.25) is 10.0 Å². The van der Waals surface area contributed by atoms with Gasteiger partial charge >= 0.3 is 0 Å². The summed E-state index contributed by atoms with van der Waals surface area (Å²) < 4.78 is 53.3. The maximum Gasteiger partial charge on any atom is 0.243 e. The van der Waals surface area contributed by atoms with Gasteiger partial charge in [-0.2, -0.15) is 5.10 Å². The molecule has 0 radical (unpaired) electrons. The van der Waals surface area contributed by atoms with Crippen LogP contribution in [-0.2, 0) is 10.0 Å². The van der Waals surface area contributed by atoms with Crippen LogP contribution in [0.15, 0.2) is 63.5 Å². The van der Waals surface area contributed by atoms with Crippen LogP contribution in [0.1, 0.15) is 12.0 Å². The zero-order chi connectivity index (χ0) is 24.5. The van der Waals surface area contributed by atoms with Gasteiger partial charge < -0.3 is 5.32 Å². The first kappa shape index (κ1) is 24.8. The van der Waals surface area contributed by atoms with Gasteiger partial charge in [-0.1, -0.05) is 45.7 Å². The molecule has 0 saturated heterocycles. The smallest absolute Gasteiger partial charge is 0.243 e. The van der Waals surface area contributed by atoms with Crippen molar-refractivity contribution in [1.29, 1.82) is 0 Å². The summed E-state index contributed by atoms with van der Waals surface area (Å²) in [4.78, 5) is 4.15. The number of aliphatic imine (C=N–C) groups is 1. The molecule has 1 N–H and O–H groups in total. The molecule has 2 atom stereocenters. The lowest BCUT2D eigenvalue weighted by atomic mass is 10.1. The molecule has 0 aliphatic carbocycles. The van der Waals surface area contributed by atoms with E-state index in [2.05, 4.69) is 31.3 Å². The van der Waals surface area contributed by atoms with Crippen molar-refractivity contribution in [3.05, 3.63) is 70.8 Å². The van der Waals surface area contributed by atoms with Gasteiger partial charge in [0.1, 0.15) is 23.6 Å². The van der Waals surface area contributed by atoms with Gasteiger partial charge in [-0.15, -0.1) is 0 Å². The lowest BCUT2D eigenvalue weighted by Gasteiger charge is -2.33. The van der Waals surface area contributed by atoms with E-state index in [1.165, 1.54) is 7.05 Å². The van der Waals surface area contributed by atoms with Crippen LogP contribution in [0.4, 0.5) is 8.78 Å². The van der Waals surface area contributed by atoms with Gasteiger partial charge in [-0.05, 0) is 24.6 Å². The number of amidine groups is 1. The maximum atomic E-state index is 13.5. The summed E-state index contributed by atoms with van der Waals surface area (Å²) in [7, 11) is -2.67. The lowest BCUT2D eigenvalue weighted by molar-refractivity contribution is 0.335. The van der Waals surface area contributed by atoms with Crippen molar-refractivity contribution in [2.45, 2.75) is 22.3 Å². The summed E-state index contributed by atoms with van der Waals surface area (Å²) in [5.41, 5.74) is 1.63. The average Bonchev–Trinajstić information content (AvgIpc) is 3.17. The number of benzene rings is 2. The normalized spacial score (nSPS) is 21.1. The number of rotatable bonds is 7. The summed E-state index contributed by atoms with van der Waals surface area (Å²) in [6.07, 6.45) is 3.80. The molecule has 2 unspecified atom stereocenters. The molecule has 34 heavy (non-hydrogen) atoms. The number of nitrogens with zero attached hydrogens (tertiary/aromatic N) is 4. The van der Waals surface area contributed by atoms with E-state index in [-0.39, 0.29) is 17.5 Å². The number of alkyl halides is 1. The van der Waals surface area contributed by atoms with Crippen LogP contribution in [0.25, 0.3) is 5.70 Å². The molecule has 2 aromatic carbocycles. The van der Waals surface area contributed by atoms with E-state index in [1.54, 1.807) is 17.3 Å². The van der Waals surface area contributed by atoms with Gasteiger partial charge in [0, 0.05) is 54.8 Å². The van der Waals surface area contributed by atoms with Crippen molar-refractivity contribution < 1.29 is 17.2 Å². The Balaban J connectivity index is 1.48. The Kier molecular flexibility index (Phi) is 7.36. The molecule has 7 nitrogen and oxygen atoms in total. The van der Waals surface area contributed by atoms with Gasteiger partial charge in [0.05, 0.1) is 9.72 Å². The second-order valence-electron chi connectivity index (χ2n) is 7.71. The molecule has 12 heteroatoms. The van der Waals surface area contributed by atoms with Gasteiger partial charge in [-0.25, -0.2) is 26.5 Å². The molecule has 0 bridgehead atoms. The highest BCUT2D eigenvalue weighted by Crippen LogP contribution is 2.29. The highest BCUT2D eigenvalue weighted by molar-refractivity contribution is 9.10. The van der Waals surface area contributed by atoms with Crippen LogP contribution in [0, 0.1) is 11.6 Å². The van der Waals surface area contributed by atoms with Crippen LogP contribution < -0.4 is 5.32 Å². The van der Waals surface area contributed by atoms with E-state index >= 15 is 0 Å². The highest BCUT2D eigenvalue weighted by atomic mass is 79.9. The predicted molar refractivity (Wildman–Crippen MR) is 132 cm³/mol. The van der Waals surface area contributed by atoms with Crippen LogP contribution in [0.5, 0.6) is 0 Å². The van der Waals surface area contributed by atoms with Gasteiger partial charge in [0.25, 0.3) is 0 Å². The molecular formula is C22H21BrClF2N5O2S. The third-order valence-corrected chi connectivity index (χ3v) is 8.22. The molecule has 2 aromatic rings. The van der Waals surface area contributed by atoms with E-state index in [9.17, 15) is 17.2 Å². The maximum absolute atomic E-state index is 13.5. The zero-order valence-electron chi connectivity index (χ0n) is 18.0. The molecule has 0 fully saturated rings. The van der Waals surface area contributed by atoms with Crippen molar-refractivity contribution in [2.24, 2.45) is 10.1 Å². The van der Waals surface area contributed by atoms with Crippen molar-refractivity contribution in [3.8, 4) is 0 Å². The van der Waals surface area contributed by atoms with Crippen LogP contribution in [-0.4, -0.2) is 60.9 Å². The van der Waals surface area contributed by atoms with E-state index in [0.29, 0.717) is 29.9 Å². The van der Waals surface area contributed by atoms with E-state index < -0.39 is 26.6 Å². The van der Waals surface area contributed by atoms with Crippen LogP contribution >= 0.6 is 27.5 Å². The Morgan fingerprint density at radius 2 is 1.94 bits per heavy atom. The summed E-state index contributed by atoms with van der Waals surface area (Å²) in [6.45, 7) is 0.426. The molecular weight excluding hydrogens is 552 g/mol. The number of halogens is 4. The summed E-state index contributed by atoms with van der Waals surface area (Å²) in [5.74, 6) is -1.29. The fraction of sp³-hybridized carbons (Fsp3) is 0.273. The monoisotopic (exact) mass is 571 g/mol. The van der Waals surface area contributed by atoms with Gasteiger partial charge in [-0.3, -0.25) is 4.99 Å². The number of hydrogen-bond acceptors (Lipinski definition) is 5. The van der Waals surface area contributed by atoms with Crippen LogP contribution in [0.2, 0.25) is 5.02 Å². The van der Waals surface area contributed by atoms with Gasteiger partial charge in [0.15, 0.2) is 0 Å². The Bertz CT molecular complexity index is 1270. The fourth-order valence-corrected chi connectivity index (χ4v) is 5.53. The largest absolute Gasteiger partial charge is 0.362 e. The van der Waals surface area contributed by atoms with E-state index in [4.69, 9.17) is 11.6 Å². The van der Waals surface area contributed by atoms with Crippen LogP contribution in [0.3, 0.4) is 0 Å². The fourth-order valence-electron chi connectivity index (χ4n) is 3.58. The Hall–Kier alpha value is -2.34. The Morgan fingerprint density at radius 3 is 2.65 bits per heavy atom. The van der Waals surface area contributed by atoms with Crippen molar-refractivity contribution >= 4 is 55.3 Å². The summed E-state index contributed by atoms with van der Waals surface area (Å²) in [5, 5.41) is 10.1. The first-order chi connectivity index (χ1) is 16.2. The first-order valence-electron chi connectivity index (χ1n) is 10.3. The molecule has 2 aliphatic heterocycles. The topological polar surface area (TPSA) is 77.4 Å². The second-order valence-corrected chi connectivity index (χ2v) is 11.2. The second kappa shape index (κ2) is 10.1. The Labute approximate surface area is 210 Å². The van der Waals surface area contributed by atoms with Crippen molar-refractivity contribution in [1.82, 2.24) is 14.6 Å². The molecule has 2 aliphatic rings.